The summed E-state index contributed by atoms with van der Waals surface area (Å²) in [4.78, 5) is 28.4. The molecule has 1 N–H and O–H groups in total. The number of carbonyl (C=O) groups excluding carboxylic acids is 2. The molecule has 1 unspecified atom stereocenters. The number of carbonyl (C=O) groups is 2. The van der Waals surface area contributed by atoms with E-state index < -0.39 is 23.5 Å². The van der Waals surface area contributed by atoms with Gasteiger partial charge in [0.05, 0.1) is 36.9 Å². The summed E-state index contributed by atoms with van der Waals surface area (Å²) in [5.41, 5.74) is 0.0705. The Morgan fingerprint density at radius 2 is 1.94 bits per heavy atom. The molecule has 3 aromatic rings. The minimum Gasteiger partial charge on any atom is -0.507 e. The average molecular weight is 474 g/mol. The van der Waals surface area contributed by atoms with Crippen LogP contribution in [-0.2, 0) is 16.1 Å². The fraction of sp³-hybridized carbons (Fsp3) is 0.217. The molecule has 0 spiro atoms. The van der Waals surface area contributed by atoms with Gasteiger partial charge in [0.1, 0.15) is 34.8 Å². The molecule has 1 amide bonds. The second-order valence-corrected chi connectivity index (χ2v) is 8.58. The van der Waals surface area contributed by atoms with Gasteiger partial charge in [-0.3, -0.25) is 9.59 Å². The molecule has 7 nitrogen and oxygen atoms in total. The number of hydrogen-bond acceptors (Lipinski definition) is 7. The zero-order valence-corrected chi connectivity index (χ0v) is 19.1. The van der Waals surface area contributed by atoms with Crippen LogP contribution in [0.15, 0.2) is 51.8 Å². The smallest absolute Gasteiger partial charge is 0.296 e. The van der Waals surface area contributed by atoms with Gasteiger partial charge in [0.2, 0.25) is 0 Å². The molecule has 0 aliphatic carbocycles. The lowest BCUT2D eigenvalue weighted by Crippen LogP contribution is -2.28. The van der Waals surface area contributed by atoms with Crippen molar-refractivity contribution in [3.63, 3.8) is 0 Å². The van der Waals surface area contributed by atoms with Crippen LogP contribution in [0.4, 0.5) is 0 Å². The number of Topliss-reactive ketones (excluding diaryl/α,β-unsaturated/α-hetero) is 1. The predicted molar refractivity (Wildman–Crippen MR) is 120 cm³/mol. The number of methoxy groups -OCH3 is 2. The molecule has 1 atom stereocenters. The van der Waals surface area contributed by atoms with Gasteiger partial charge in [-0.25, -0.2) is 0 Å². The Morgan fingerprint density at radius 3 is 2.53 bits per heavy atom. The lowest BCUT2D eigenvalue weighted by Gasteiger charge is -2.23. The Labute approximate surface area is 193 Å². The largest absolute Gasteiger partial charge is 0.507 e. The van der Waals surface area contributed by atoms with Gasteiger partial charge in [-0.15, -0.1) is 11.3 Å². The van der Waals surface area contributed by atoms with Gasteiger partial charge < -0.3 is 23.9 Å². The Morgan fingerprint density at radius 1 is 1.19 bits per heavy atom. The molecule has 0 saturated carbocycles. The van der Waals surface area contributed by atoms with Crippen molar-refractivity contribution in [2.24, 2.45) is 0 Å². The van der Waals surface area contributed by atoms with E-state index in [-0.39, 0.29) is 28.5 Å². The fourth-order valence-corrected chi connectivity index (χ4v) is 4.64. The first-order valence-corrected chi connectivity index (χ1v) is 10.9. The number of nitrogens with zero attached hydrogens (tertiary/aromatic N) is 1. The number of amides is 1. The van der Waals surface area contributed by atoms with Gasteiger partial charge in [0.25, 0.3) is 11.7 Å². The van der Waals surface area contributed by atoms with Crippen molar-refractivity contribution in [1.29, 1.82) is 0 Å². The third-order valence-electron chi connectivity index (χ3n) is 5.21. The molecule has 1 fully saturated rings. The monoisotopic (exact) mass is 473 g/mol. The van der Waals surface area contributed by atoms with E-state index in [0.717, 1.165) is 4.88 Å². The van der Waals surface area contributed by atoms with Gasteiger partial charge in [-0.05, 0) is 36.6 Å². The summed E-state index contributed by atoms with van der Waals surface area (Å²) < 4.78 is 16.4. The van der Waals surface area contributed by atoms with E-state index in [1.54, 1.807) is 19.1 Å². The molecule has 3 heterocycles. The molecule has 1 saturated heterocycles. The third kappa shape index (κ3) is 3.76. The van der Waals surface area contributed by atoms with Crippen LogP contribution in [0, 0.1) is 6.92 Å². The lowest BCUT2D eigenvalue weighted by atomic mass is 9.98. The lowest BCUT2D eigenvalue weighted by molar-refractivity contribution is -0.140. The first-order chi connectivity index (χ1) is 15.3. The molecule has 32 heavy (non-hydrogen) atoms. The summed E-state index contributed by atoms with van der Waals surface area (Å²) in [6.45, 7) is 1.96. The number of benzene rings is 1. The van der Waals surface area contributed by atoms with Gasteiger partial charge in [0, 0.05) is 10.9 Å². The first kappa shape index (κ1) is 22.0. The summed E-state index contributed by atoms with van der Waals surface area (Å²) in [6.07, 6.45) is 0. The van der Waals surface area contributed by atoms with Gasteiger partial charge in [-0.1, -0.05) is 17.7 Å². The molecule has 1 aliphatic rings. The summed E-state index contributed by atoms with van der Waals surface area (Å²) in [5, 5.41) is 13.4. The van der Waals surface area contributed by atoms with E-state index in [1.165, 1.54) is 42.6 Å². The highest BCUT2D eigenvalue weighted by Gasteiger charge is 2.48. The topological polar surface area (TPSA) is 89.2 Å². The first-order valence-electron chi connectivity index (χ1n) is 9.64. The van der Waals surface area contributed by atoms with Crippen LogP contribution in [-0.4, -0.2) is 35.9 Å². The number of furan rings is 1. The van der Waals surface area contributed by atoms with Gasteiger partial charge in [0.15, 0.2) is 0 Å². The van der Waals surface area contributed by atoms with Crippen LogP contribution in [0.25, 0.3) is 5.76 Å². The van der Waals surface area contributed by atoms with Crippen molar-refractivity contribution in [1.82, 2.24) is 4.90 Å². The number of thiophene rings is 1. The number of ketones is 1. The summed E-state index contributed by atoms with van der Waals surface area (Å²) in [5.74, 6) is -0.369. The molecule has 166 valence electrons. The maximum absolute atomic E-state index is 13.1. The number of aliphatic hydroxyl groups is 1. The van der Waals surface area contributed by atoms with Crippen molar-refractivity contribution in [3.8, 4) is 11.5 Å². The number of likely N-dealkylation sites (tertiary alicyclic amines) is 1. The molecule has 9 heteroatoms. The minimum atomic E-state index is -0.906. The molecule has 0 bridgehead atoms. The maximum atomic E-state index is 13.1. The van der Waals surface area contributed by atoms with Crippen LogP contribution in [0.2, 0.25) is 5.02 Å². The van der Waals surface area contributed by atoms with Crippen LogP contribution >= 0.6 is 22.9 Å². The zero-order valence-electron chi connectivity index (χ0n) is 17.5. The molecule has 1 aromatic carbocycles. The van der Waals surface area contributed by atoms with E-state index in [0.29, 0.717) is 17.3 Å². The highest BCUT2D eigenvalue weighted by molar-refractivity contribution is 7.09. The Balaban J connectivity index is 1.91. The zero-order chi connectivity index (χ0) is 23.0. The molecule has 2 aromatic heterocycles. The molecule has 1 aliphatic heterocycles. The number of halogens is 1. The maximum Gasteiger partial charge on any atom is 0.296 e. The fourth-order valence-electron chi connectivity index (χ4n) is 3.70. The Kier molecular flexibility index (Phi) is 5.99. The van der Waals surface area contributed by atoms with Crippen LogP contribution in [0.3, 0.4) is 0 Å². The van der Waals surface area contributed by atoms with E-state index >= 15 is 0 Å². The van der Waals surface area contributed by atoms with Crippen molar-refractivity contribution < 1.29 is 28.6 Å². The van der Waals surface area contributed by atoms with Crippen molar-refractivity contribution >= 4 is 40.4 Å². The number of rotatable bonds is 6. The van der Waals surface area contributed by atoms with Crippen molar-refractivity contribution in [3.05, 3.63) is 74.3 Å². The third-order valence-corrected chi connectivity index (χ3v) is 6.36. The van der Waals surface area contributed by atoms with Crippen molar-refractivity contribution in [2.75, 3.05) is 14.2 Å². The number of aliphatic hydroxyl groups excluding tert-OH is 1. The Hall–Kier alpha value is -3.23. The summed E-state index contributed by atoms with van der Waals surface area (Å²) in [7, 11) is 2.87. The minimum absolute atomic E-state index is 0.0968. The van der Waals surface area contributed by atoms with Crippen LogP contribution in [0.5, 0.6) is 11.5 Å². The normalized spacial score (nSPS) is 17.8. The predicted octanol–water partition coefficient (Wildman–Crippen LogP) is 4.94. The Bertz CT molecular complexity index is 1210. The number of hydrogen-bond donors (Lipinski definition) is 1. The number of aryl methyl sites for hydroxylation is 1. The second kappa shape index (κ2) is 8.72. The average Bonchev–Trinajstić information content (AvgIpc) is 3.50. The molecular weight excluding hydrogens is 454 g/mol. The van der Waals surface area contributed by atoms with Gasteiger partial charge in [-0.2, -0.15) is 0 Å². The quantitative estimate of drug-likeness (QED) is 0.310. The van der Waals surface area contributed by atoms with E-state index in [1.807, 2.05) is 17.5 Å². The summed E-state index contributed by atoms with van der Waals surface area (Å²) in [6, 6.07) is 9.21. The van der Waals surface area contributed by atoms with E-state index in [9.17, 15) is 14.7 Å². The van der Waals surface area contributed by atoms with Crippen LogP contribution < -0.4 is 9.47 Å². The van der Waals surface area contributed by atoms with Gasteiger partial charge >= 0.3 is 0 Å². The van der Waals surface area contributed by atoms with E-state index in [2.05, 4.69) is 0 Å². The molecular formula is C23H20ClNO6S. The molecule has 0 radical (unpaired) electrons. The SMILES string of the molecule is COc1cc(OC)c(/C(O)=C2\C(=O)C(=O)N(Cc3cccs3)C2c2ccc(C)o2)cc1Cl. The highest BCUT2D eigenvalue weighted by atomic mass is 35.5. The summed E-state index contributed by atoms with van der Waals surface area (Å²) >= 11 is 7.73. The van der Waals surface area contributed by atoms with Crippen molar-refractivity contribution in [2.45, 2.75) is 19.5 Å². The van der Waals surface area contributed by atoms with E-state index in [4.69, 9.17) is 25.5 Å². The molecule has 4 rings (SSSR count). The van der Waals surface area contributed by atoms with Crippen LogP contribution in [0.1, 0.15) is 28.0 Å². The second-order valence-electron chi connectivity index (χ2n) is 7.14. The standard InChI is InChI=1S/C23H20ClNO6S/c1-12-6-7-16(31-12)20-19(22(27)23(28)25(20)11-13-5-4-8-32-13)21(26)14-9-15(24)18(30-3)10-17(14)29-2/h4-10,20,26H,11H2,1-3H3/b21-19+. The number of ether oxygens (including phenoxy) is 2. The highest BCUT2D eigenvalue weighted by Crippen LogP contribution is 2.44.